The molecule has 24 heavy (non-hydrogen) atoms. The second-order valence-electron chi connectivity index (χ2n) is 5.13. The Morgan fingerprint density at radius 3 is 2.67 bits per heavy atom. The molecule has 1 aromatic carbocycles. The molecular formula is C15H18N2O5S2. The SMILES string of the molecule is COc1ccc(C)cc1S(=O)(=O)NCCc1nc(C)c(C(=O)O)s1. The van der Waals surface area contributed by atoms with Crippen LogP contribution in [-0.4, -0.2) is 38.1 Å². The molecule has 0 bridgehead atoms. The number of aromatic nitrogens is 1. The van der Waals surface area contributed by atoms with Gasteiger partial charge < -0.3 is 9.84 Å². The highest BCUT2D eigenvalue weighted by atomic mass is 32.2. The number of methoxy groups -OCH3 is 1. The van der Waals surface area contributed by atoms with E-state index < -0.39 is 16.0 Å². The van der Waals surface area contributed by atoms with Crippen molar-refractivity contribution in [3.05, 3.63) is 39.3 Å². The van der Waals surface area contributed by atoms with Gasteiger partial charge in [-0.05, 0) is 31.5 Å². The Morgan fingerprint density at radius 2 is 2.08 bits per heavy atom. The van der Waals surface area contributed by atoms with Crippen molar-refractivity contribution in [3.8, 4) is 5.75 Å². The Hall–Kier alpha value is -1.97. The number of carboxylic acids is 1. The standard InChI is InChI=1S/C15H18N2O5S2/c1-9-4-5-11(22-3)12(8-9)24(20,21)16-7-6-13-17-10(2)14(23-13)15(18)19/h4-5,8,16H,6-7H2,1-3H3,(H,18,19). The molecular weight excluding hydrogens is 352 g/mol. The van der Waals surface area contributed by atoms with Crippen LogP contribution in [0.25, 0.3) is 0 Å². The van der Waals surface area contributed by atoms with Crippen LogP contribution in [-0.2, 0) is 16.4 Å². The van der Waals surface area contributed by atoms with Crippen molar-refractivity contribution in [1.82, 2.24) is 9.71 Å². The number of thiazole rings is 1. The highest BCUT2D eigenvalue weighted by Crippen LogP contribution is 2.24. The van der Waals surface area contributed by atoms with Crippen LogP contribution in [0.1, 0.15) is 25.9 Å². The van der Waals surface area contributed by atoms with Gasteiger partial charge in [0.1, 0.15) is 15.5 Å². The molecule has 0 fully saturated rings. The van der Waals surface area contributed by atoms with Crippen LogP contribution >= 0.6 is 11.3 Å². The molecule has 2 rings (SSSR count). The molecule has 9 heteroatoms. The summed E-state index contributed by atoms with van der Waals surface area (Å²) in [5, 5.41) is 9.58. The van der Waals surface area contributed by atoms with Crippen LogP contribution in [0.3, 0.4) is 0 Å². The molecule has 0 aliphatic carbocycles. The van der Waals surface area contributed by atoms with Crippen LogP contribution in [0, 0.1) is 13.8 Å². The number of nitrogens with one attached hydrogen (secondary N) is 1. The Bertz CT molecular complexity index is 859. The third-order valence-corrected chi connectivity index (χ3v) is 5.96. The van der Waals surface area contributed by atoms with Gasteiger partial charge in [0.05, 0.1) is 17.8 Å². The van der Waals surface area contributed by atoms with Crippen molar-refractivity contribution in [3.63, 3.8) is 0 Å². The monoisotopic (exact) mass is 370 g/mol. The highest BCUT2D eigenvalue weighted by Gasteiger charge is 2.20. The fourth-order valence-corrected chi connectivity index (χ4v) is 4.31. The van der Waals surface area contributed by atoms with Crippen molar-refractivity contribution in [2.75, 3.05) is 13.7 Å². The number of ether oxygens (including phenoxy) is 1. The zero-order valence-corrected chi connectivity index (χ0v) is 15.1. The summed E-state index contributed by atoms with van der Waals surface area (Å²) >= 11 is 1.05. The van der Waals surface area contributed by atoms with Crippen molar-refractivity contribution in [1.29, 1.82) is 0 Å². The fraction of sp³-hybridized carbons (Fsp3) is 0.333. The molecule has 0 aliphatic heterocycles. The lowest BCUT2D eigenvalue weighted by atomic mass is 10.2. The summed E-state index contributed by atoms with van der Waals surface area (Å²) in [5.41, 5.74) is 1.24. The predicted octanol–water partition coefficient (Wildman–Crippen LogP) is 1.99. The molecule has 1 heterocycles. The van der Waals surface area contributed by atoms with Gasteiger partial charge in [0.15, 0.2) is 0 Å². The van der Waals surface area contributed by atoms with E-state index in [0.29, 0.717) is 17.1 Å². The van der Waals surface area contributed by atoms with Crippen LogP contribution in [0.4, 0.5) is 0 Å². The summed E-state index contributed by atoms with van der Waals surface area (Å²) < 4.78 is 32.5. The number of hydrogen-bond acceptors (Lipinski definition) is 6. The van der Waals surface area contributed by atoms with Gasteiger partial charge in [0.25, 0.3) is 0 Å². The van der Waals surface area contributed by atoms with Gasteiger partial charge >= 0.3 is 5.97 Å². The van der Waals surface area contributed by atoms with Crippen LogP contribution < -0.4 is 9.46 Å². The molecule has 0 saturated heterocycles. The van der Waals surface area contributed by atoms with E-state index in [1.54, 1.807) is 26.0 Å². The van der Waals surface area contributed by atoms with Gasteiger partial charge in [-0.25, -0.2) is 22.9 Å². The molecule has 0 atom stereocenters. The maximum Gasteiger partial charge on any atom is 0.347 e. The molecule has 0 amide bonds. The quantitative estimate of drug-likeness (QED) is 0.772. The summed E-state index contributed by atoms with van der Waals surface area (Å²) in [6.07, 6.45) is 0.312. The van der Waals surface area contributed by atoms with E-state index in [2.05, 4.69) is 9.71 Å². The maximum absolute atomic E-state index is 12.4. The molecule has 0 radical (unpaired) electrons. The van der Waals surface area contributed by atoms with Gasteiger partial charge in [0.2, 0.25) is 10.0 Å². The van der Waals surface area contributed by atoms with E-state index in [4.69, 9.17) is 9.84 Å². The predicted molar refractivity (Wildman–Crippen MR) is 90.4 cm³/mol. The van der Waals surface area contributed by atoms with E-state index in [0.717, 1.165) is 16.9 Å². The first-order valence-corrected chi connectivity index (χ1v) is 9.38. The third-order valence-electron chi connectivity index (χ3n) is 3.27. The molecule has 0 saturated carbocycles. The Balaban J connectivity index is 2.10. The first-order chi connectivity index (χ1) is 11.2. The topological polar surface area (TPSA) is 106 Å². The molecule has 2 N–H and O–H groups in total. The lowest BCUT2D eigenvalue weighted by Crippen LogP contribution is -2.26. The molecule has 0 spiro atoms. The molecule has 2 aromatic rings. The van der Waals surface area contributed by atoms with E-state index in [1.807, 2.05) is 0 Å². The summed E-state index contributed by atoms with van der Waals surface area (Å²) in [6, 6.07) is 4.91. The van der Waals surface area contributed by atoms with Crippen LogP contribution in [0.5, 0.6) is 5.75 Å². The number of hydrogen-bond donors (Lipinski definition) is 2. The lowest BCUT2D eigenvalue weighted by Gasteiger charge is -2.11. The maximum atomic E-state index is 12.4. The number of carboxylic acid groups (broad SMARTS) is 1. The summed E-state index contributed by atoms with van der Waals surface area (Å²) in [6.45, 7) is 3.53. The average Bonchev–Trinajstić information content (AvgIpc) is 2.88. The van der Waals surface area contributed by atoms with Crippen molar-refractivity contribution in [2.45, 2.75) is 25.2 Å². The fourth-order valence-electron chi connectivity index (χ4n) is 2.12. The van der Waals surface area contributed by atoms with Gasteiger partial charge in [-0.3, -0.25) is 0 Å². The van der Waals surface area contributed by atoms with E-state index in [1.165, 1.54) is 13.2 Å². The summed E-state index contributed by atoms with van der Waals surface area (Å²) in [4.78, 5) is 15.4. The summed E-state index contributed by atoms with van der Waals surface area (Å²) in [5.74, 6) is -0.757. The van der Waals surface area contributed by atoms with Gasteiger partial charge in [-0.15, -0.1) is 11.3 Å². The van der Waals surface area contributed by atoms with Crippen LogP contribution in [0.2, 0.25) is 0 Å². The van der Waals surface area contributed by atoms with E-state index in [9.17, 15) is 13.2 Å². The molecule has 0 aliphatic rings. The minimum atomic E-state index is -3.73. The number of aryl methyl sites for hydroxylation is 2. The number of benzene rings is 1. The minimum Gasteiger partial charge on any atom is -0.495 e. The molecule has 130 valence electrons. The van der Waals surface area contributed by atoms with Crippen molar-refractivity contribution < 1.29 is 23.1 Å². The number of carbonyl (C=O) groups is 1. The largest absolute Gasteiger partial charge is 0.495 e. The third kappa shape index (κ3) is 4.11. The van der Waals surface area contributed by atoms with Gasteiger partial charge in [-0.2, -0.15) is 0 Å². The number of nitrogens with zero attached hydrogens (tertiary/aromatic N) is 1. The first kappa shape index (κ1) is 18.4. The van der Waals surface area contributed by atoms with Crippen molar-refractivity contribution in [2.24, 2.45) is 0 Å². The molecule has 0 unspecified atom stereocenters. The highest BCUT2D eigenvalue weighted by molar-refractivity contribution is 7.89. The number of rotatable bonds is 7. The Morgan fingerprint density at radius 1 is 1.38 bits per heavy atom. The van der Waals surface area contributed by atoms with E-state index in [-0.39, 0.29) is 22.1 Å². The Labute approximate surface area is 144 Å². The zero-order valence-electron chi connectivity index (χ0n) is 13.5. The smallest absolute Gasteiger partial charge is 0.347 e. The van der Waals surface area contributed by atoms with Crippen LogP contribution in [0.15, 0.2) is 23.1 Å². The zero-order chi connectivity index (χ0) is 17.9. The second kappa shape index (κ2) is 7.29. The van der Waals surface area contributed by atoms with Gasteiger partial charge in [-0.1, -0.05) is 6.07 Å². The van der Waals surface area contributed by atoms with E-state index >= 15 is 0 Å². The molecule has 7 nitrogen and oxygen atoms in total. The second-order valence-corrected chi connectivity index (χ2v) is 7.95. The summed E-state index contributed by atoms with van der Waals surface area (Å²) in [7, 11) is -2.32. The van der Waals surface area contributed by atoms with Gasteiger partial charge in [0, 0.05) is 13.0 Å². The van der Waals surface area contributed by atoms with Crippen molar-refractivity contribution >= 4 is 27.3 Å². The normalized spacial score (nSPS) is 11.5. The first-order valence-electron chi connectivity index (χ1n) is 7.08. The number of sulfonamides is 1. The average molecular weight is 370 g/mol. The molecule has 1 aromatic heterocycles. The number of aromatic carboxylic acids is 1. The minimum absolute atomic E-state index is 0.0755. The lowest BCUT2D eigenvalue weighted by molar-refractivity contribution is 0.0701. The Kier molecular flexibility index (Phi) is 5.58.